The minimum Gasteiger partial charge on any atom is -0.494 e. The van der Waals surface area contributed by atoms with E-state index in [0.29, 0.717) is 30.2 Å². The van der Waals surface area contributed by atoms with Crippen molar-refractivity contribution in [2.45, 2.75) is 62.7 Å². The third-order valence-corrected chi connectivity index (χ3v) is 8.95. The molecule has 0 aromatic heterocycles. The molecule has 9 nitrogen and oxygen atoms in total. The molecule has 3 saturated heterocycles. The van der Waals surface area contributed by atoms with Crippen LogP contribution in [0.4, 0.5) is 11.4 Å². The molecule has 39 heavy (non-hydrogen) atoms. The summed E-state index contributed by atoms with van der Waals surface area (Å²) in [6.07, 6.45) is -0.190. The number of aryl methyl sites for hydroxylation is 2. The van der Waals surface area contributed by atoms with Gasteiger partial charge in [-0.25, -0.2) is 0 Å². The number of aliphatic hydroxyl groups excluding tert-OH is 1. The van der Waals surface area contributed by atoms with Gasteiger partial charge in [0.15, 0.2) is 0 Å². The summed E-state index contributed by atoms with van der Waals surface area (Å²) in [4.78, 5) is 42.8. The maximum atomic E-state index is 14.0. The average Bonchev–Trinajstić information content (AvgIpc) is 3.50. The molecule has 2 bridgehead atoms. The van der Waals surface area contributed by atoms with Crippen molar-refractivity contribution >= 4 is 45.0 Å². The van der Waals surface area contributed by atoms with Crippen LogP contribution in [0.2, 0.25) is 0 Å². The van der Waals surface area contributed by atoms with E-state index in [4.69, 9.17) is 9.47 Å². The minimum absolute atomic E-state index is 0.224. The van der Waals surface area contributed by atoms with E-state index in [-0.39, 0.29) is 23.2 Å². The summed E-state index contributed by atoms with van der Waals surface area (Å²) in [5.74, 6) is -2.08. The van der Waals surface area contributed by atoms with Gasteiger partial charge in [-0.3, -0.25) is 14.4 Å². The molecule has 208 valence electrons. The van der Waals surface area contributed by atoms with Crippen LogP contribution in [0.3, 0.4) is 0 Å². The number of ether oxygens (including phenoxy) is 2. The summed E-state index contributed by atoms with van der Waals surface area (Å²) >= 11 is 3.67. The van der Waals surface area contributed by atoms with Gasteiger partial charge in [0, 0.05) is 16.2 Å². The zero-order chi connectivity index (χ0) is 28.1. The standard InChI is InChI=1S/C29H34BrN3O6/c1-5-38-19-10-8-18(9-11-19)31-26(35)22-23-28(37)33(17(4)14-34)25(29(23)13-20(30)24(22)39-29)27(36)32-21-12-15(2)6-7-16(21)3/h6-12,17,20,22-25,34H,5,13-14H2,1-4H3,(H,31,35)(H,32,36)/t17-,20?,22+,23+,24+,25?,29?/m1/s1. The normalized spacial score (nSPS) is 29.7. The van der Waals surface area contributed by atoms with Gasteiger partial charge in [-0.15, -0.1) is 0 Å². The first-order chi connectivity index (χ1) is 18.6. The smallest absolute Gasteiger partial charge is 0.250 e. The Morgan fingerprint density at radius 3 is 2.56 bits per heavy atom. The number of fused-ring (bicyclic) bond motifs is 1. The van der Waals surface area contributed by atoms with E-state index in [1.54, 1.807) is 31.2 Å². The molecule has 3 N–H and O–H groups in total. The predicted molar refractivity (Wildman–Crippen MR) is 150 cm³/mol. The summed E-state index contributed by atoms with van der Waals surface area (Å²) in [7, 11) is 0. The van der Waals surface area contributed by atoms with Crippen molar-refractivity contribution in [3.05, 3.63) is 53.6 Å². The van der Waals surface area contributed by atoms with Crippen LogP contribution in [-0.4, -0.2) is 69.6 Å². The number of carbonyl (C=O) groups is 3. The third-order valence-electron chi connectivity index (χ3n) is 8.10. The van der Waals surface area contributed by atoms with Gasteiger partial charge < -0.3 is 30.1 Å². The van der Waals surface area contributed by atoms with Crippen LogP contribution in [-0.2, 0) is 19.1 Å². The van der Waals surface area contributed by atoms with Crippen LogP contribution in [0.15, 0.2) is 42.5 Å². The number of likely N-dealkylation sites (tertiary alicyclic amines) is 1. The van der Waals surface area contributed by atoms with E-state index in [2.05, 4.69) is 26.6 Å². The largest absolute Gasteiger partial charge is 0.494 e. The highest BCUT2D eigenvalue weighted by molar-refractivity contribution is 9.09. The number of alkyl halides is 1. The van der Waals surface area contributed by atoms with Gasteiger partial charge in [-0.2, -0.15) is 0 Å². The molecule has 2 aromatic rings. The fourth-order valence-electron chi connectivity index (χ4n) is 6.33. The summed E-state index contributed by atoms with van der Waals surface area (Å²) < 4.78 is 12.0. The number of hydrogen-bond donors (Lipinski definition) is 3. The van der Waals surface area contributed by atoms with Crippen LogP contribution in [0.5, 0.6) is 5.75 Å². The average molecular weight is 601 g/mol. The van der Waals surface area contributed by atoms with E-state index in [9.17, 15) is 19.5 Å². The molecule has 3 fully saturated rings. The van der Waals surface area contributed by atoms with Crippen molar-refractivity contribution in [3.63, 3.8) is 0 Å². The molecule has 3 aliphatic rings. The number of hydrogen-bond acceptors (Lipinski definition) is 6. The first kappa shape index (κ1) is 27.6. The topological polar surface area (TPSA) is 117 Å². The summed E-state index contributed by atoms with van der Waals surface area (Å²) in [5, 5.41) is 16.0. The molecule has 0 saturated carbocycles. The zero-order valence-corrected chi connectivity index (χ0v) is 24.0. The molecule has 5 rings (SSSR count). The molecule has 0 aliphatic carbocycles. The van der Waals surface area contributed by atoms with Gasteiger partial charge in [0.05, 0.1) is 37.2 Å². The number of amides is 3. The monoisotopic (exact) mass is 599 g/mol. The molecular weight excluding hydrogens is 566 g/mol. The van der Waals surface area contributed by atoms with E-state index in [1.165, 1.54) is 4.90 Å². The maximum absolute atomic E-state index is 14.0. The zero-order valence-electron chi connectivity index (χ0n) is 22.4. The van der Waals surface area contributed by atoms with E-state index in [1.807, 2.05) is 39.0 Å². The SMILES string of the molecule is CCOc1ccc(NC(=O)[C@H]2[C@H]3C(=O)N([C@H](C)CO)C(C(=O)Nc4cc(C)ccc4C)C34CC(Br)[C@@H]2O4)cc1. The predicted octanol–water partition coefficient (Wildman–Crippen LogP) is 3.41. The Balaban J connectivity index is 1.47. The van der Waals surface area contributed by atoms with Gasteiger partial charge >= 0.3 is 0 Å². The van der Waals surface area contributed by atoms with E-state index in [0.717, 1.165) is 11.1 Å². The maximum Gasteiger partial charge on any atom is 0.250 e. The van der Waals surface area contributed by atoms with Gasteiger partial charge in [-0.1, -0.05) is 28.1 Å². The van der Waals surface area contributed by atoms with Gasteiger partial charge in [-0.05, 0) is 75.6 Å². The Hall–Kier alpha value is -2.95. The summed E-state index contributed by atoms with van der Waals surface area (Å²) in [5.41, 5.74) is 1.89. The number of aliphatic hydroxyl groups is 1. The third kappa shape index (κ3) is 4.62. The van der Waals surface area contributed by atoms with Crippen molar-refractivity contribution in [3.8, 4) is 5.75 Å². The molecule has 3 amide bonds. The van der Waals surface area contributed by atoms with Crippen molar-refractivity contribution in [2.75, 3.05) is 23.8 Å². The quantitative estimate of drug-likeness (QED) is 0.400. The lowest BCUT2D eigenvalue weighted by molar-refractivity contribution is -0.142. The van der Waals surface area contributed by atoms with Gasteiger partial charge in [0.2, 0.25) is 17.7 Å². The summed E-state index contributed by atoms with van der Waals surface area (Å²) in [6.45, 7) is 7.64. The number of benzene rings is 2. The van der Waals surface area contributed by atoms with Crippen LogP contribution in [0.25, 0.3) is 0 Å². The van der Waals surface area contributed by atoms with E-state index >= 15 is 0 Å². The highest BCUT2D eigenvalue weighted by Gasteiger charge is 2.76. The number of nitrogens with zero attached hydrogens (tertiary/aromatic N) is 1. The second-order valence-corrected chi connectivity index (χ2v) is 11.9. The summed E-state index contributed by atoms with van der Waals surface area (Å²) in [6, 6.07) is 11.1. The minimum atomic E-state index is -1.21. The number of nitrogens with one attached hydrogen (secondary N) is 2. The lowest BCUT2D eigenvalue weighted by atomic mass is 9.70. The molecule has 2 aromatic carbocycles. The fraction of sp³-hybridized carbons (Fsp3) is 0.483. The molecule has 3 unspecified atom stereocenters. The van der Waals surface area contributed by atoms with Crippen LogP contribution >= 0.6 is 15.9 Å². The molecule has 3 aliphatic heterocycles. The number of anilines is 2. The Morgan fingerprint density at radius 1 is 1.18 bits per heavy atom. The number of rotatable bonds is 8. The first-order valence-corrected chi connectivity index (χ1v) is 14.2. The van der Waals surface area contributed by atoms with Crippen molar-refractivity contribution in [1.82, 2.24) is 4.90 Å². The highest BCUT2D eigenvalue weighted by Crippen LogP contribution is 2.60. The second-order valence-electron chi connectivity index (χ2n) is 10.7. The van der Waals surface area contributed by atoms with Crippen LogP contribution in [0.1, 0.15) is 31.4 Å². The second kappa shape index (κ2) is 10.6. The molecule has 3 heterocycles. The first-order valence-electron chi connectivity index (χ1n) is 13.3. The number of halogens is 1. The van der Waals surface area contributed by atoms with Crippen molar-refractivity contribution in [2.24, 2.45) is 11.8 Å². The molecule has 10 heteroatoms. The van der Waals surface area contributed by atoms with Gasteiger partial charge in [0.1, 0.15) is 17.4 Å². The molecule has 0 radical (unpaired) electrons. The lowest BCUT2D eigenvalue weighted by Crippen LogP contribution is -2.56. The van der Waals surface area contributed by atoms with Crippen molar-refractivity contribution in [1.29, 1.82) is 0 Å². The Labute approximate surface area is 236 Å². The Bertz CT molecular complexity index is 1290. The van der Waals surface area contributed by atoms with Gasteiger partial charge in [0.25, 0.3) is 0 Å². The Morgan fingerprint density at radius 2 is 1.90 bits per heavy atom. The molecular formula is C29H34BrN3O6. The van der Waals surface area contributed by atoms with Crippen LogP contribution < -0.4 is 15.4 Å². The fourth-order valence-corrected chi connectivity index (χ4v) is 7.27. The Kier molecular flexibility index (Phi) is 7.47. The van der Waals surface area contributed by atoms with Crippen molar-refractivity contribution < 1.29 is 29.0 Å². The van der Waals surface area contributed by atoms with Crippen LogP contribution in [0, 0.1) is 25.7 Å². The molecule has 1 spiro atoms. The lowest BCUT2D eigenvalue weighted by Gasteiger charge is -2.35. The highest BCUT2D eigenvalue weighted by atomic mass is 79.9. The number of carbonyl (C=O) groups excluding carboxylic acids is 3. The van der Waals surface area contributed by atoms with E-state index < -0.39 is 41.5 Å². The molecule has 7 atom stereocenters.